The van der Waals surface area contributed by atoms with Crippen molar-refractivity contribution in [3.8, 4) is 0 Å². The zero-order valence-electron chi connectivity index (χ0n) is 7.60. The zero-order valence-corrected chi connectivity index (χ0v) is 7.60. The van der Waals surface area contributed by atoms with Crippen LogP contribution in [-0.4, -0.2) is 12.3 Å². The molecule has 0 aromatic rings. The Morgan fingerprint density at radius 2 is 1.55 bits per heavy atom. The monoisotopic (exact) mass is 153 g/mol. The topological polar surface area (TPSA) is 12.4 Å². The summed E-state index contributed by atoms with van der Waals surface area (Å²) in [6.07, 6.45) is 9.57. The fraction of sp³-hybridized carbons (Fsp3) is 0.900. The van der Waals surface area contributed by atoms with Crippen LogP contribution in [0.5, 0.6) is 0 Å². The molecule has 1 aliphatic rings. The highest BCUT2D eigenvalue weighted by Crippen LogP contribution is 2.14. The molecule has 0 bridgehead atoms. The van der Waals surface area contributed by atoms with E-state index in [1.807, 2.05) is 0 Å². The van der Waals surface area contributed by atoms with Crippen molar-refractivity contribution in [2.75, 3.05) is 6.54 Å². The highest BCUT2D eigenvalue weighted by molar-refractivity contribution is 5.84. The quantitative estimate of drug-likeness (QED) is 0.548. The lowest BCUT2D eigenvalue weighted by atomic mass is 9.99. The normalized spacial score (nSPS) is 20.6. The van der Waals surface area contributed by atoms with Crippen molar-refractivity contribution in [1.29, 1.82) is 0 Å². The average molecular weight is 153 g/mol. The van der Waals surface area contributed by atoms with Gasteiger partial charge in [-0.2, -0.15) is 0 Å². The van der Waals surface area contributed by atoms with Crippen molar-refractivity contribution in [1.82, 2.24) is 0 Å². The van der Waals surface area contributed by atoms with E-state index in [1.165, 1.54) is 50.7 Å². The Kier molecular flexibility index (Phi) is 4.25. The minimum Gasteiger partial charge on any atom is -0.294 e. The van der Waals surface area contributed by atoms with Crippen molar-refractivity contribution >= 4 is 5.71 Å². The molecule has 0 aromatic heterocycles. The van der Waals surface area contributed by atoms with Gasteiger partial charge in [-0.15, -0.1) is 0 Å². The Morgan fingerprint density at radius 1 is 1.00 bits per heavy atom. The molecule has 0 aromatic carbocycles. The van der Waals surface area contributed by atoms with Crippen LogP contribution < -0.4 is 0 Å². The van der Waals surface area contributed by atoms with Gasteiger partial charge in [0.2, 0.25) is 0 Å². The molecular formula is C10H19N. The summed E-state index contributed by atoms with van der Waals surface area (Å²) in [7, 11) is 0. The van der Waals surface area contributed by atoms with Gasteiger partial charge in [0.1, 0.15) is 0 Å². The summed E-state index contributed by atoms with van der Waals surface area (Å²) in [5.74, 6) is 0. The van der Waals surface area contributed by atoms with E-state index in [2.05, 4.69) is 11.9 Å². The van der Waals surface area contributed by atoms with Crippen LogP contribution in [0.2, 0.25) is 0 Å². The van der Waals surface area contributed by atoms with Crippen LogP contribution in [0, 0.1) is 0 Å². The van der Waals surface area contributed by atoms with Gasteiger partial charge in [0, 0.05) is 12.3 Å². The van der Waals surface area contributed by atoms with Crippen molar-refractivity contribution in [3.63, 3.8) is 0 Å². The first-order valence-electron chi connectivity index (χ1n) is 4.95. The third-order valence-corrected chi connectivity index (χ3v) is 2.31. The lowest BCUT2D eigenvalue weighted by Gasteiger charge is -2.10. The summed E-state index contributed by atoms with van der Waals surface area (Å²) in [4.78, 5) is 4.50. The molecular weight excluding hydrogens is 134 g/mol. The first kappa shape index (κ1) is 8.76. The van der Waals surface area contributed by atoms with Gasteiger partial charge >= 0.3 is 0 Å². The number of hydrogen-bond donors (Lipinski definition) is 0. The van der Waals surface area contributed by atoms with Crippen molar-refractivity contribution in [2.24, 2.45) is 4.99 Å². The summed E-state index contributed by atoms with van der Waals surface area (Å²) in [6, 6.07) is 0. The second-order valence-electron chi connectivity index (χ2n) is 3.31. The molecule has 1 saturated carbocycles. The second-order valence-corrected chi connectivity index (χ2v) is 3.31. The van der Waals surface area contributed by atoms with Gasteiger partial charge in [-0.25, -0.2) is 0 Å². The third kappa shape index (κ3) is 3.54. The van der Waals surface area contributed by atoms with Crippen LogP contribution in [0.4, 0.5) is 0 Å². The van der Waals surface area contributed by atoms with E-state index in [0.29, 0.717) is 0 Å². The van der Waals surface area contributed by atoms with Crippen molar-refractivity contribution < 1.29 is 0 Å². The van der Waals surface area contributed by atoms with Crippen molar-refractivity contribution in [3.05, 3.63) is 0 Å². The highest BCUT2D eigenvalue weighted by Gasteiger charge is 2.03. The third-order valence-electron chi connectivity index (χ3n) is 2.31. The molecule has 1 aliphatic carbocycles. The van der Waals surface area contributed by atoms with Gasteiger partial charge in [-0.1, -0.05) is 19.3 Å². The Morgan fingerprint density at radius 3 is 2.09 bits per heavy atom. The number of hydrogen-bond acceptors (Lipinski definition) is 1. The molecule has 0 heterocycles. The van der Waals surface area contributed by atoms with Gasteiger partial charge in [0.25, 0.3) is 0 Å². The zero-order chi connectivity index (χ0) is 7.94. The standard InChI is InChI=1S/C10H19N/c1-2-11-10-8-6-4-3-5-7-9-10/h2-9H2,1H3. The first-order valence-corrected chi connectivity index (χ1v) is 4.95. The molecule has 0 unspecified atom stereocenters. The summed E-state index contributed by atoms with van der Waals surface area (Å²) in [5.41, 5.74) is 1.48. The second kappa shape index (κ2) is 5.34. The smallest absolute Gasteiger partial charge is 0.0360 e. The van der Waals surface area contributed by atoms with Crippen LogP contribution in [0.25, 0.3) is 0 Å². The fourth-order valence-electron chi connectivity index (χ4n) is 1.70. The predicted octanol–water partition coefficient (Wildman–Crippen LogP) is 3.19. The number of aliphatic imine (C=N–C) groups is 1. The van der Waals surface area contributed by atoms with E-state index in [9.17, 15) is 0 Å². The molecule has 0 saturated heterocycles. The van der Waals surface area contributed by atoms with E-state index < -0.39 is 0 Å². The molecule has 1 rings (SSSR count). The first-order chi connectivity index (χ1) is 5.43. The molecule has 0 radical (unpaired) electrons. The summed E-state index contributed by atoms with van der Waals surface area (Å²) >= 11 is 0. The van der Waals surface area contributed by atoms with Crippen LogP contribution in [0.1, 0.15) is 51.9 Å². The molecule has 0 spiro atoms. The minimum atomic E-state index is 0.981. The lowest BCUT2D eigenvalue weighted by molar-refractivity contribution is 0.605. The molecule has 1 fully saturated rings. The number of rotatable bonds is 1. The maximum atomic E-state index is 4.50. The molecule has 1 heteroatoms. The predicted molar refractivity (Wildman–Crippen MR) is 50.3 cm³/mol. The maximum absolute atomic E-state index is 4.50. The van der Waals surface area contributed by atoms with Gasteiger partial charge in [0.05, 0.1) is 0 Å². The lowest BCUT2D eigenvalue weighted by Crippen LogP contribution is -2.02. The summed E-state index contributed by atoms with van der Waals surface area (Å²) in [5, 5.41) is 0. The molecule has 64 valence electrons. The van der Waals surface area contributed by atoms with E-state index in [4.69, 9.17) is 0 Å². The van der Waals surface area contributed by atoms with Crippen molar-refractivity contribution in [2.45, 2.75) is 51.9 Å². The Bertz CT molecular complexity index is 117. The van der Waals surface area contributed by atoms with Gasteiger partial charge in [-0.3, -0.25) is 4.99 Å². The largest absolute Gasteiger partial charge is 0.294 e. The van der Waals surface area contributed by atoms with Crippen LogP contribution in [0.3, 0.4) is 0 Å². The maximum Gasteiger partial charge on any atom is 0.0360 e. The Balaban J connectivity index is 2.31. The fourth-order valence-corrected chi connectivity index (χ4v) is 1.70. The summed E-state index contributed by atoms with van der Waals surface area (Å²) in [6.45, 7) is 3.11. The number of nitrogens with zero attached hydrogens (tertiary/aromatic N) is 1. The van der Waals surface area contributed by atoms with E-state index in [-0.39, 0.29) is 0 Å². The van der Waals surface area contributed by atoms with Gasteiger partial charge in [-0.05, 0) is 32.6 Å². The van der Waals surface area contributed by atoms with Gasteiger partial charge < -0.3 is 0 Å². The molecule has 0 amide bonds. The van der Waals surface area contributed by atoms with Crippen LogP contribution in [0.15, 0.2) is 4.99 Å². The van der Waals surface area contributed by atoms with E-state index in [0.717, 1.165) is 6.54 Å². The Labute approximate surface area is 69.9 Å². The summed E-state index contributed by atoms with van der Waals surface area (Å²) < 4.78 is 0. The molecule has 0 N–H and O–H groups in total. The molecule has 11 heavy (non-hydrogen) atoms. The average Bonchev–Trinajstić information content (AvgIpc) is 1.94. The van der Waals surface area contributed by atoms with Crippen LogP contribution in [-0.2, 0) is 0 Å². The molecule has 0 atom stereocenters. The van der Waals surface area contributed by atoms with E-state index in [1.54, 1.807) is 0 Å². The molecule has 1 nitrogen and oxygen atoms in total. The minimum absolute atomic E-state index is 0.981. The molecule has 0 aliphatic heterocycles. The van der Waals surface area contributed by atoms with Gasteiger partial charge in [0.15, 0.2) is 0 Å². The van der Waals surface area contributed by atoms with Crippen LogP contribution >= 0.6 is 0 Å². The van der Waals surface area contributed by atoms with E-state index >= 15 is 0 Å². The Hall–Kier alpha value is -0.330. The SMILES string of the molecule is CCN=C1CCCCCCC1. The highest BCUT2D eigenvalue weighted by atomic mass is 14.7.